The van der Waals surface area contributed by atoms with E-state index >= 15 is 0 Å². The van der Waals surface area contributed by atoms with Gasteiger partial charge >= 0.3 is 5.97 Å². The molecule has 0 aliphatic rings. The van der Waals surface area contributed by atoms with Gasteiger partial charge < -0.3 is 18.6 Å². The van der Waals surface area contributed by atoms with Gasteiger partial charge in [0, 0.05) is 0 Å². The summed E-state index contributed by atoms with van der Waals surface area (Å²) in [6.07, 6.45) is 1.57. The van der Waals surface area contributed by atoms with Gasteiger partial charge in [0.25, 0.3) is 0 Å². The molecule has 0 N–H and O–H groups in total. The Morgan fingerprint density at radius 2 is 1.97 bits per heavy atom. The molecule has 0 unspecified atom stereocenters. The summed E-state index contributed by atoms with van der Waals surface area (Å²) in [5.41, 5.74) is 1.36. The van der Waals surface area contributed by atoms with Gasteiger partial charge in [-0.1, -0.05) is 12.1 Å². The predicted molar refractivity (Wildman–Crippen MR) is 117 cm³/mol. The normalized spacial score (nSPS) is 11.2. The minimum absolute atomic E-state index is 0.228. The zero-order chi connectivity index (χ0) is 22.2. The summed E-state index contributed by atoms with van der Waals surface area (Å²) < 4.78 is 23.5. The molecule has 0 aliphatic carbocycles. The number of aryl methyl sites for hydroxylation is 1. The summed E-state index contributed by atoms with van der Waals surface area (Å²) in [4.78, 5) is 22.3. The van der Waals surface area contributed by atoms with Gasteiger partial charge in [-0.3, -0.25) is 0 Å². The van der Waals surface area contributed by atoms with Crippen LogP contribution in [-0.4, -0.2) is 39.8 Å². The Labute approximate surface area is 186 Å². The molecule has 0 aliphatic heterocycles. The molecule has 0 saturated heterocycles. The average molecular weight is 450 g/mol. The van der Waals surface area contributed by atoms with Crippen molar-refractivity contribution in [2.24, 2.45) is 0 Å². The lowest BCUT2D eigenvalue weighted by Gasteiger charge is -2.08. The second-order valence-corrected chi connectivity index (χ2v) is 7.88. The van der Waals surface area contributed by atoms with Crippen LogP contribution in [0.3, 0.4) is 0 Å². The van der Waals surface area contributed by atoms with Crippen molar-refractivity contribution in [2.75, 3.05) is 14.2 Å². The fourth-order valence-electron chi connectivity index (χ4n) is 3.39. The summed E-state index contributed by atoms with van der Waals surface area (Å²) in [5.74, 6) is 2.41. The molecular weight excluding hydrogens is 432 g/mol. The number of hydrogen-bond acceptors (Lipinski definition) is 9. The molecule has 0 atom stereocenters. The van der Waals surface area contributed by atoms with Crippen LogP contribution >= 0.6 is 11.3 Å². The van der Waals surface area contributed by atoms with E-state index in [1.807, 2.05) is 37.3 Å². The van der Waals surface area contributed by atoms with E-state index in [0.717, 1.165) is 10.9 Å². The maximum absolute atomic E-state index is 12.1. The number of para-hydroxylation sites is 2. The number of fused-ring (bicyclic) bond motifs is 3. The monoisotopic (exact) mass is 450 g/mol. The third kappa shape index (κ3) is 3.34. The Bertz CT molecular complexity index is 1450. The number of thiophene rings is 1. The number of nitrogens with zero attached hydrogens (tertiary/aromatic N) is 4. The van der Waals surface area contributed by atoms with Gasteiger partial charge in [0.2, 0.25) is 5.82 Å². The summed E-state index contributed by atoms with van der Waals surface area (Å²) in [6.45, 7) is 2.08. The molecule has 9 nitrogen and oxygen atoms in total. The van der Waals surface area contributed by atoms with Crippen molar-refractivity contribution in [3.8, 4) is 23.1 Å². The summed E-state index contributed by atoms with van der Waals surface area (Å²) in [5, 5.41) is 5.25. The highest BCUT2D eigenvalue weighted by molar-refractivity contribution is 7.20. The van der Waals surface area contributed by atoms with Crippen molar-refractivity contribution in [1.29, 1.82) is 0 Å². The lowest BCUT2D eigenvalue weighted by molar-refractivity contribution is 0.0605. The molecule has 4 aromatic heterocycles. The highest BCUT2D eigenvalue weighted by atomic mass is 32.1. The molecular formula is C22H18N4O5S. The van der Waals surface area contributed by atoms with E-state index in [9.17, 15) is 4.79 Å². The van der Waals surface area contributed by atoms with Crippen molar-refractivity contribution in [1.82, 2.24) is 19.6 Å². The second kappa shape index (κ2) is 7.97. The molecule has 0 radical (unpaired) electrons. The number of carbonyl (C=O) groups excluding carboxylic acids is 1. The number of ether oxygens (including phenoxy) is 3. The van der Waals surface area contributed by atoms with Gasteiger partial charge in [0.05, 0.1) is 19.6 Å². The standard InChI is InChI=1S/C22H18N4O5S/c1-12-17-20-24-19(25-26(20)11-23-21(17)32-18(12)22(27)29-3)16-9-8-13(31-16)10-30-15-7-5-4-6-14(15)28-2/h4-9,11H,10H2,1-3H3. The minimum atomic E-state index is -0.394. The van der Waals surface area contributed by atoms with Crippen LogP contribution in [-0.2, 0) is 11.3 Å². The third-order valence-electron chi connectivity index (χ3n) is 4.96. The Balaban J connectivity index is 1.45. The van der Waals surface area contributed by atoms with E-state index in [2.05, 4.69) is 15.1 Å². The van der Waals surface area contributed by atoms with Crippen LogP contribution in [0, 0.1) is 6.92 Å². The van der Waals surface area contributed by atoms with Crippen LogP contribution in [0.4, 0.5) is 0 Å². The van der Waals surface area contributed by atoms with Crippen LogP contribution in [0.5, 0.6) is 11.5 Å². The molecule has 5 aromatic rings. The van der Waals surface area contributed by atoms with E-state index in [4.69, 9.17) is 18.6 Å². The van der Waals surface area contributed by atoms with Crippen LogP contribution in [0.15, 0.2) is 47.1 Å². The topological polar surface area (TPSA) is 101 Å². The highest BCUT2D eigenvalue weighted by Gasteiger charge is 2.21. The van der Waals surface area contributed by atoms with Gasteiger partial charge in [-0.2, -0.15) is 0 Å². The fraction of sp³-hybridized carbons (Fsp3) is 0.182. The molecule has 4 heterocycles. The molecule has 0 fully saturated rings. The summed E-state index contributed by atoms with van der Waals surface area (Å²) in [7, 11) is 2.95. The number of benzene rings is 1. The first-order chi connectivity index (χ1) is 15.6. The Morgan fingerprint density at radius 3 is 2.75 bits per heavy atom. The minimum Gasteiger partial charge on any atom is -0.493 e. The maximum Gasteiger partial charge on any atom is 0.348 e. The molecule has 5 rings (SSSR count). The number of esters is 1. The van der Waals surface area contributed by atoms with Gasteiger partial charge in [0.1, 0.15) is 28.4 Å². The number of hydrogen-bond donors (Lipinski definition) is 0. The number of aromatic nitrogens is 4. The highest BCUT2D eigenvalue weighted by Crippen LogP contribution is 2.33. The SMILES string of the molecule is COC(=O)c1sc2ncn3nc(-c4ccc(COc5ccccc5OC)o4)nc3c2c1C. The van der Waals surface area contributed by atoms with Crippen molar-refractivity contribution in [3.63, 3.8) is 0 Å². The summed E-state index contributed by atoms with van der Waals surface area (Å²) in [6, 6.07) is 11.0. The van der Waals surface area contributed by atoms with Crippen molar-refractivity contribution < 1.29 is 23.4 Å². The molecule has 1 aromatic carbocycles. The van der Waals surface area contributed by atoms with E-state index in [1.165, 1.54) is 18.4 Å². The molecule has 162 valence electrons. The van der Waals surface area contributed by atoms with E-state index in [-0.39, 0.29) is 6.61 Å². The van der Waals surface area contributed by atoms with Crippen LogP contribution in [0.25, 0.3) is 27.4 Å². The van der Waals surface area contributed by atoms with E-state index in [0.29, 0.717) is 44.2 Å². The molecule has 0 saturated carbocycles. The molecule has 32 heavy (non-hydrogen) atoms. The number of rotatable bonds is 6. The molecule has 0 bridgehead atoms. The Kier molecular flexibility index (Phi) is 4.98. The van der Waals surface area contributed by atoms with Gasteiger partial charge in [0.15, 0.2) is 22.9 Å². The smallest absolute Gasteiger partial charge is 0.348 e. The maximum atomic E-state index is 12.1. The predicted octanol–water partition coefficient (Wildman–Crippen LogP) is 4.28. The van der Waals surface area contributed by atoms with Crippen molar-refractivity contribution in [2.45, 2.75) is 13.5 Å². The number of carbonyl (C=O) groups is 1. The first kappa shape index (κ1) is 20.0. The Hall–Kier alpha value is -3.92. The van der Waals surface area contributed by atoms with Crippen LogP contribution < -0.4 is 9.47 Å². The van der Waals surface area contributed by atoms with Gasteiger partial charge in [-0.25, -0.2) is 19.3 Å². The molecule has 0 amide bonds. The van der Waals surface area contributed by atoms with Crippen LogP contribution in [0.1, 0.15) is 21.0 Å². The van der Waals surface area contributed by atoms with E-state index < -0.39 is 5.97 Å². The average Bonchev–Trinajstić information content (AvgIpc) is 3.54. The first-order valence-corrected chi connectivity index (χ1v) is 10.5. The van der Waals surface area contributed by atoms with Crippen molar-refractivity contribution in [3.05, 3.63) is 58.9 Å². The first-order valence-electron chi connectivity index (χ1n) is 9.66. The number of methoxy groups -OCH3 is 2. The molecule has 0 spiro atoms. The zero-order valence-electron chi connectivity index (χ0n) is 17.5. The Morgan fingerprint density at radius 1 is 1.16 bits per heavy atom. The quantitative estimate of drug-likeness (QED) is 0.353. The largest absolute Gasteiger partial charge is 0.493 e. The van der Waals surface area contributed by atoms with Gasteiger partial charge in [-0.15, -0.1) is 16.4 Å². The van der Waals surface area contributed by atoms with Crippen LogP contribution in [0.2, 0.25) is 0 Å². The lowest BCUT2D eigenvalue weighted by atomic mass is 10.2. The van der Waals surface area contributed by atoms with E-state index in [1.54, 1.807) is 24.0 Å². The molecule has 10 heteroatoms. The lowest BCUT2D eigenvalue weighted by Crippen LogP contribution is -1.99. The third-order valence-corrected chi connectivity index (χ3v) is 6.14. The van der Waals surface area contributed by atoms with Crippen molar-refractivity contribution >= 4 is 33.2 Å². The summed E-state index contributed by atoms with van der Waals surface area (Å²) >= 11 is 1.27. The second-order valence-electron chi connectivity index (χ2n) is 6.88. The zero-order valence-corrected chi connectivity index (χ0v) is 18.3. The number of furan rings is 1. The van der Waals surface area contributed by atoms with Gasteiger partial charge in [-0.05, 0) is 36.8 Å². The fourth-order valence-corrected chi connectivity index (χ4v) is 4.45.